The van der Waals surface area contributed by atoms with Crippen molar-refractivity contribution in [1.82, 2.24) is 0 Å². The smallest absolute Gasteiger partial charge is 0.302 e. The van der Waals surface area contributed by atoms with E-state index in [-0.39, 0.29) is 30.3 Å². The summed E-state index contributed by atoms with van der Waals surface area (Å²) in [5.41, 5.74) is -3.25. The van der Waals surface area contributed by atoms with Crippen molar-refractivity contribution in [1.29, 1.82) is 0 Å². The molecule has 4 aliphatic carbocycles. The van der Waals surface area contributed by atoms with Crippen LogP contribution < -0.4 is 0 Å². The van der Waals surface area contributed by atoms with E-state index < -0.39 is 125 Å². The molecule has 0 unspecified atom stereocenters. The van der Waals surface area contributed by atoms with E-state index in [0.717, 1.165) is 12.8 Å². The number of esters is 1. The van der Waals surface area contributed by atoms with E-state index in [9.17, 15) is 45.6 Å². The molecule has 0 spiro atoms. The van der Waals surface area contributed by atoms with Crippen molar-refractivity contribution in [2.24, 2.45) is 45.3 Å². The van der Waals surface area contributed by atoms with Crippen molar-refractivity contribution in [2.75, 3.05) is 13.2 Å². The first-order chi connectivity index (χ1) is 26.8. The average Bonchev–Trinajstić information content (AvgIpc) is 3.52. The Morgan fingerprint density at radius 2 is 1.40 bits per heavy atom. The van der Waals surface area contributed by atoms with Crippen molar-refractivity contribution < 1.29 is 74.1 Å². The number of fused-ring (bicyclic) bond motifs is 5. The summed E-state index contributed by atoms with van der Waals surface area (Å²) in [7, 11) is 0. The fourth-order valence-electron chi connectivity index (χ4n) is 14.2. The third-order valence-electron chi connectivity index (χ3n) is 17.4. The lowest BCUT2D eigenvalue weighted by atomic mass is 9.34. The number of rotatable bonds is 7. The lowest BCUT2D eigenvalue weighted by molar-refractivity contribution is -0.377. The van der Waals surface area contributed by atoms with Gasteiger partial charge in [0, 0.05) is 6.92 Å². The zero-order valence-electron chi connectivity index (χ0n) is 35.8. The van der Waals surface area contributed by atoms with E-state index in [0.29, 0.717) is 38.5 Å². The Labute approximate surface area is 342 Å². The van der Waals surface area contributed by atoms with Crippen LogP contribution in [0.25, 0.3) is 0 Å². The van der Waals surface area contributed by atoms with E-state index in [1.807, 2.05) is 27.7 Å². The third-order valence-corrected chi connectivity index (χ3v) is 17.4. The van der Waals surface area contributed by atoms with E-state index in [2.05, 4.69) is 27.7 Å². The standard InChI is InChI=1S/C43H72O15/c1-20(44)53-19-25-31(50)32(51)34(57-36-33(52)30(49)23(46)18-54-36)37(56-25)55-24-17-42(8)26(40(6)13-11-27(47)38(2,3)35(24)40)16-22(45)29-21(10-14-41(29,42)7)43(9)15-12-28(48)39(4,5)58-43/h21-37,45-52H,10-19H2,1-9H3/t21-,22+,23+,24-,25+,26+,27-,28+,29-,30-,31+,32-,33+,34+,35-,36-,37+,40+,41+,42+,43-/m0/s1. The highest BCUT2D eigenvalue weighted by molar-refractivity contribution is 5.65. The first-order valence-electron chi connectivity index (χ1n) is 21.7. The quantitative estimate of drug-likeness (QED) is 0.134. The molecule has 0 aromatic carbocycles. The first-order valence-corrected chi connectivity index (χ1v) is 21.7. The van der Waals surface area contributed by atoms with E-state index in [4.69, 9.17) is 28.4 Å². The van der Waals surface area contributed by atoms with Gasteiger partial charge in [-0.2, -0.15) is 0 Å². The molecule has 15 heteroatoms. The van der Waals surface area contributed by atoms with Gasteiger partial charge in [-0.25, -0.2) is 0 Å². The van der Waals surface area contributed by atoms with Crippen LogP contribution in [0.15, 0.2) is 0 Å². The van der Waals surface area contributed by atoms with Crippen LogP contribution in [0, 0.1) is 45.3 Å². The average molecular weight is 829 g/mol. The largest absolute Gasteiger partial charge is 0.463 e. The number of aliphatic hydroxyl groups is 8. The molecular formula is C43H72O15. The topological polar surface area (TPSA) is 234 Å². The maximum Gasteiger partial charge on any atom is 0.302 e. The molecule has 3 heterocycles. The Bertz CT molecular complexity index is 1510. The Hall–Kier alpha value is -1.05. The van der Waals surface area contributed by atoms with E-state index in [1.165, 1.54) is 6.92 Å². The van der Waals surface area contributed by atoms with Crippen LogP contribution in [0.2, 0.25) is 0 Å². The highest BCUT2D eigenvalue weighted by Crippen LogP contribution is 2.76. The number of hydrogen-bond acceptors (Lipinski definition) is 15. The Morgan fingerprint density at radius 1 is 0.724 bits per heavy atom. The summed E-state index contributed by atoms with van der Waals surface area (Å²) in [6.07, 6.45) is -10.9. The highest BCUT2D eigenvalue weighted by atomic mass is 16.8. The maximum atomic E-state index is 12.5. The summed E-state index contributed by atoms with van der Waals surface area (Å²) in [6, 6.07) is 0. The summed E-state index contributed by atoms with van der Waals surface area (Å²) >= 11 is 0. The lowest BCUT2D eigenvalue weighted by Crippen LogP contribution is -2.71. The molecule has 3 aliphatic heterocycles. The van der Waals surface area contributed by atoms with Crippen LogP contribution in [0.1, 0.15) is 114 Å². The molecule has 8 N–H and O–H groups in total. The predicted octanol–water partition coefficient (Wildman–Crippen LogP) is 1.54. The first kappa shape index (κ1) is 45.0. The number of carbonyl (C=O) groups excluding carboxylic acids is 1. The van der Waals surface area contributed by atoms with E-state index >= 15 is 0 Å². The van der Waals surface area contributed by atoms with Crippen molar-refractivity contribution >= 4 is 5.97 Å². The molecule has 0 bridgehead atoms. The van der Waals surface area contributed by atoms with Crippen LogP contribution in [0.3, 0.4) is 0 Å². The molecule has 0 amide bonds. The molecule has 7 rings (SSSR count). The number of carbonyl (C=O) groups is 1. The van der Waals surface area contributed by atoms with Crippen molar-refractivity contribution in [2.45, 2.75) is 205 Å². The van der Waals surface area contributed by atoms with Gasteiger partial charge >= 0.3 is 5.97 Å². The van der Waals surface area contributed by atoms with Gasteiger partial charge in [0.15, 0.2) is 12.6 Å². The normalized spacial score (nSPS) is 55.2. The molecule has 7 fully saturated rings. The summed E-state index contributed by atoms with van der Waals surface area (Å²) in [4.78, 5) is 11.9. The Morgan fingerprint density at radius 3 is 2.05 bits per heavy atom. The minimum absolute atomic E-state index is 0.0282. The molecule has 0 aromatic heterocycles. The van der Waals surface area contributed by atoms with Crippen molar-refractivity contribution in [3.63, 3.8) is 0 Å². The maximum absolute atomic E-state index is 12.5. The predicted molar refractivity (Wildman–Crippen MR) is 205 cm³/mol. The lowest BCUT2D eigenvalue weighted by Gasteiger charge is -2.72. The fourth-order valence-corrected chi connectivity index (χ4v) is 14.2. The minimum atomic E-state index is -1.71. The van der Waals surface area contributed by atoms with E-state index in [1.54, 1.807) is 0 Å². The van der Waals surface area contributed by atoms with Gasteiger partial charge in [0.2, 0.25) is 0 Å². The van der Waals surface area contributed by atoms with Crippen molar-refractivity contribution in [3.8, 4) is 0 Å². The van der Waals surface area contributed by atoms with Crippen LogP contribution >= 0.6 is 0 Å². The second-order valence-electron chi connectivity index (χ2n) is 21.3. The number of ether oxygens (including phenoxy) is 6. The van der Waals surface area contributed by atoms with Crippen LogP contribution in [0.5, 0.6) is 0 Å². The summed E-state index contributed by atoms with van der Waals surface area (Å²) in [5.74, 6) is -0.961. The highest BCUT2D eigenvalue weighted by Gasteiger charge is 2.74. The van der Waals surface area contributed by atoms with Gasteiger partial charge < -0.3 is 69.3 Å². The fraction of sp³-hybridized carbons (Fsp3) is 0.977. The van der Waals surface area contributed by atoms with Gasteiger partial charge in [0.1, 0.15) is 49.3 Å². The zero-order chi connectivity index (χ0) is 42.7. The van der Waals surface area contributed by atoms with Gasteiger partial charge in [-0.3, -0.25) is 4.79 Å². The number of hydrogen-bond donors (Lipinski definition) is 8. The van der Waals surface area contributed by atoms with Gasteiger partial charge in [-0.15, -0.1) is 0 Å². The second-order valence-corrected chi connectivity index (χ2v) is 21.3. The summed E-state index contributed by atoms with van der Waals surface area (Å²) in [5, 5.41) is 89.3. The molecule has 0 aromatic rings. The molecule has 0 radical (unpaired) electrons. The van der Waals surface area contributed by atoms with Gasteiger partial charge in [0.05, 0.1) is 42.2 Å². The van der Waals surface area contributed by atoms with Crippen LogP contribution in [0.4, 0.5) is 0 Å². The Balaban J connectivity index is 1.27. The summed E-state index contributed by atoms with van der Waals surface area (Å²) in [6.45, 7) is 17.5. The molecule has 334 valence electrons. The molecule has 7 aliphatic rings. The molecule has 15 nitrogen and oxygen atoms in total. The summed E-state index contributed by atoms with van der Waals surface area (Å²) < 4.78 is 37.3. The van der Waals surface area contributed by atoms with Crippen LogP contribution in [-0.4, -0.2) is 151 Å². The number of aliphatic hydroxyl groups excluding tert-OH is 8. The SMILES string of the molecule is CC(=O)OC[C@H]1O[C@@H](O[C@H]2C[C@]3(C)[C@H](C[C@@H](O)[C@@H]4[C@@H]([C@]5(C)CC[C@@H](O)C(C)(C)O5)CC[C@]43C)[C@@]3(C)CC[C@H](O)C(C)(C)[C@H]23)[C@H](O[C@@H]2OC[C@@H](O)[C@H](O)[C@H]2O)[C@@H](O)[C@@H]1O. The zero-order valence-corrected chi connectivity index (χ0v) is 35.8. The molecule has 3 saturated heterocycles. The Kier molecular flexibility index (Phi) is 11.9. The minimum Gasteiger partial charge on any atom is -0.463 e. The molecule has 21 atom stereocenters. The molecule has 4 saturated carbocycles. The monoisotopic (exact) mass is 828 g/mol. The molecular weight excluding hydrogens is 756 g/mol. The third kappa shape index (κ3) is 7.02. The second kappa shape index (κ2) is 15.3. The van der Waals surface area contributed by atoms with Crippen LogP contribution in [-0.2, 0) is 33.2 Å². The molecule has 58 heavy (non-hydrogen) atoms. The van der Waals surface area contributed by atoms with Gasteiger partial charge in [0.25, 0.3) is 0 Å². The van der Waals surface area contributed by atoms with Crippen molar-refractivity contribution in [3.05, 3.63) is 0 Å². The van der Waals surface area contributed by atoms with Gasteiger partial charge in [-0.1, -0.05) is 34.6 Å². The van der Waals surface area contributed by atoms with Gasteiger partial charge in [-0.05, 0) is 117 Å².